The van der Waals surface area contributed by atoms with Crippen molar-refractivity contribution < 1.29 is 23.9 Å². The number of hydrogen-bond acceptors (Lipinski definition) is 5. The number of rotatable bonds is 4. The van der Waals surface area contributed by atoms with Crippen LogP contribution >= 0.6 is 0 Å². The van der Waals surface area contributed by atoms with E-state index in [2.05, 4.69) is 0 Å². The molecule has 2 heterocycles. The molecule has 2 amide bonds. The number of nitrogens with zero attached hydrogens (tertiary/aromatic N) is 2. The summed E-state index contributed by atoms with van der Waals surface area (Å²) in [5, 5.41) is 0. The maximum absolute atomic E-state index is 12.7. The van der Waals surface area contributed by atoms with Gasteiger partial charge in [0, 0.05) is 12.6 Å². The number of amides is 2. The van der Waals surface area contributed by atoms with Gasteiger partial charge in [-0.2, -0.15) is 0 Å². The van der Waals surface area contributed by atoms with E-state index in [9.17, 15) is 14.4 Å². The van der Waals surface area contributed by atoms with Crippen molar-refractivity contribution in [2.45, 2.75) is 51.0 Å². The minimum absolute atomic E-state index is 0.124. The molecule has 29 heavy (non-hydrogen) atoms. The van der Waals surface area contributed by atoms with Crippen molar-refractivity contribution in [1.29, 1.82) is 0 Å². The molecular formula is C22H28N2O5. The van der Waals surface area contributed by atoms with Gasteiger partial charge >= 0.3 is 5.97 Å². The van der Waals surface area contributed by atoms with Crippen LogP contribution in [0.3, 0.4) is 0 Å². The third kappa shape index (κ3) is 4.38. The second-order valence-electron chi connectivity index (χ2n) is 8.05. The second kappa shape index (κ2) is 8.84. The summed E-state index contributed by atoms with van der Waals surface area (Å²) in [5.74, 6) is 0.253. The van der Waals surface area contributed by atoms with E-state index in [0.717, 1.165) is 25.8 Å². The largest absolute Gasteiger partial charge is 0.491 e. The number of para-hydroxylation sites is 2. The lowest BCUT2D eigenvalue weighted by Gasteiger charge is -2.44. The predicted molar refractivity (Wildman–Crippen MR) is 107 cm³/mol. The van der Waals surface area contributed by atoms with Crippen molar-refractivity contribution in [1.82, 2.24) is 4.90 Å². The fourth-order valence-corrected chi connectivity index (χ4v) is 4.83. The Morgan fingerprint density at radius 1 is 1.10 bits per heavy atom. The van der Waals surface area contributed by atoms with E-state index >= 15 is 0 Å². The fraction of sp³-hybridized carbons (Fsp3) is 0.591. The van der Waals surface area contributed by atoms with Gasteiger partial charge in [0.05, 0.1) is 18.7 Å². The number of benzene rings is 1. The normalized spacial score (nSPS) is 24.1. The van der Waals surface area contributed by atoms with Crippen molar-refractivity contribution >= 4 is 23.5 Å². The lowest BCUT2D eigenvalue weighted by Crippen LogP contribution is -2.51. The van der Waals surface area contributed by atoms with Crippen LogP contribution in [-0.2, 0) is 19.1 Å². The molecule has 0 unspecified atom stereocenters. The zero-order valence-corrected chi connectivity index (χ0v) is 16.7. The predicted octanol–water partition coefficient (Wildman–Crippen LogP) is 2.53. The first-order chi connectivity index (χ1) is 14.1. The highest BCUT2D eigenvalue weighted by atomic mass is 16.5. The third-order valence-corrected chi connectivity index (χ3v) is 6.24. The smallest absolute Gasteiger partial charge is 0.326 e. The van der Waals surface area contributed by atoms with Crippen LogP contribution in [0.2, 0.25) is 0 Å². The van der Waals surface area contributed by atoms with Gasteiger partial charge in [0.25, 0.3) is 5.91 Å². The highest BCUT2D eigenvalue weighted by molar-refractivity contribution is 5.99. The van der Waals surface area contributed by atoms with Crippen LogP contribution < -0.4 is 9.64 Å². The molecule has 4 rings (SSSR count). The van der Waals surface area contributed by atoms with Gasteiger partial charge in [-0.05, 0) is 43.7 Å². The number of ether oxygens (including phenoxy) is 2. The maximum Gasteiger partial charge on any atom is 0.326 e. The van der Waals surface area contributed by atoms with E-state index < -0.39 is 5.97 Å². The molecule has 156 valence electrons. The van der Waals surface area contributed by atoms with E-state index in [1.807, 2.05) is 11.0 Å². The molecule has 3 aliphatic rings. The minimum Gasteiger partial charge on any atom is -0.491 e. The summed E-state index contributed by atoms with van der Waals surface area (Å²) in [5.41, 5.74) is 0.555. The molecule has 2 aliphatic heterocycles. The van der Waals surface area contributed by atoms with Crippen molar-refractivity contribution in [2.24, 2.45) is 5.92 Å². The number of anilines is 1. The Morgan fingerprint density at radius 2 is 1.90 bits per heavy atom. The topological polar surface area (TPSA) is 76.1 Å². The number of hydrogen-bond donors (Lipinski definition) is 0. The van der Waals surface area contributed by atoms with Crippen LogP contribution in [-0.4, -0.2) is 55.0 Å². The highest BCUT2D eigenvalue weighted by Gasteiger charge is 2.36. The van der Waals surface area contributed by atoms with Gasteiger partial charge in [0.2, 0.25) is 5.91 Å². The zero-order valence-electron chi connectivity index (χ0n) is 16.7. The Morgan fingerprint density at radius 3 is 2.79 bits per heavy atom. The molecule has 1 aromatic rings. The molecule has 2 atom stereocenters. The molecule has 1 saturated heterocycles. The molecule has 7 heteroatoms. The molecule has 0 N–H and O–H groups in total. The van der Waals surface area contributed by atoms with Gasteiger partial charge in [0.15, 0.2) is 6.61 Å². The van der Waals surface area contributed by atoms with Crippen LogP contribution in [0.1, 0.15) is 44.9 Å². The summed E-state index contributed by atoms with van der Waals surface area (Å²) in [6.07, 6.45) is 7.02. The molecule has 0 spiro atoms. The van der Waals surface area contributed by atoms with E-state index in [-0.39, 0.29) is 38.0 Å². The Kier molecular flexibility index (Phi) is 6.02. The number of piperidine rings is 1. The first-order valence-electron chi connectivity index (χ1n) is 10.6. The molecule has 1 aliphatic carbocycles. The Bertz CT molecular complexity index is 778. The molecule has 0 bridgehead atoms. The lowest BCUT2D eigenvalue weighted by molar-refractivity contribution is -0.154. The van der Waals surface area contributed by atoms with Crippen LogP contribution in [0.4, 0.5) is 5.69 Å². The number of fused-ring (bicyclic) bond motifs is 2. The molecule has 1 aromatic carbocycles. The van der Waals surface area contributed by atoms with E-state index in [0.29, 0.717) is 23.4 Å². The van der Waals surface area contributed by atoms with E-state index in [1.54, 1.807) is 18.2 Å². The van der Waals surface area contributed by atoms with Gasteiger partial charge in [-0.25, -0.2) is 0 Å². The Hall–Kier alpha value is -2.57. The number of carbonyl (C=O) groups excluding carboxylic acids is 3. The van der Waals surface area contributed by atoms with Crippen LogP contribution in [0.15, 0.2) is 24.3 Å². The number of carbonyl (C=O) groups is 3. The maximum atomic E-state index is 12.7. The number of likely N-dealkylation sites (tertiary alicyclic amines) is 1. The standard InChI is InChI=1S/C22H28N2O5/c25-20-11-13-28-19-10-4-3-9-18(19)24(20)14-22(27)29-15-21(26)23-12-5-7-16-6-1-2-8-17(16)23/h3-4,9-10,16-17H,1-2,5-8,11-15H2/t16-,17+/m0/s1. The lowest BCUT2D eigenvalue weighted by atomic mass is 9.78. The monoisotopic (exact) mass is 400 g/mol. The first kappa shape index (κ1) is 19.7. The van der Waals surface area contributed by atoms with Gasteiger partial charge in [-0.3, -0.25) is 19.3 Å². The summed E-state index contributed by atoms with van der Waals surface area (Å²) >= 11 is 0. The molecule has 0 radical (unpaired) electrons. The summed E-state index contributed by atoms with van der Waals surface area (Å²) in [6, 6.07) is 7.42. The van der Waals surface area contributed by atoms with E-state index in [4.69, 9.17) is 9.47 Å². The molecule has 1 saturated carbocycles. The number of esters is 1. The van der Waals surface area contributed by atoms with Crippen LogP contribution in [0.25, 0.3) is 0 Å². The minimum atomic E-state index is -0.583. The van der Waals surface area contributed by atoms with Crippen molar-refractivity contribution in [3.05, 3.63) is 24.3 Å². The van der Waals surface area contributed by atoms with Crippen molar-refractivity contribution in [2.75, 3.05) is 31.2 Å². The molecule has 0 aromatic heterocycles. The Balaban J connectivity index is 1.35. The van der Waals surface area contributed by atoms with Crippen molar-refractivity contribution in [3.63, 3.8) is 0 Å². The van der Waals surface area contributed by atoms with Crippen LogP contribution in [0, 0.1) is 5.92 Å². The van der Waals surface area contributed by atoms with Gasteiger partial charge in [-0.15, -0.1) is 0 Å². The van der Waals surface area contributed by atoms with E-state index in [1.165, 1.54) is 24.2 Å². The summed E-state index contributed by atoms with van der Waals surface area (Å²) in [4.78, 5) is 40.9. The summed E-state index contributed by atoms with van der Waals surface area (Å²) in [7, 11) is 0. The van der Waals surface area contributed by atoms with Crippen LogP contribution in [0.5, 0.6) is 5.75 Å². The van der Waals surface area contributed by atoms with Gasteiger partial charge < -0.3 is 14.4 Å². The SMILES string of the molecule is O=C(CN1C(=O)CCOc2ccccc21)OCC(=O)N1CCC[C@@H]2CCCC[C@H]21. The summed E-state index contributed by atoms with van der Waals surface area (Å²) < 4.78 is 10.9. The third-order valence-electron chi connectivity index (χ3n) is 6.24. The average Bonchev–Trinajstić information content (AvgIpc) is 2.90. The quantitative estimate of drug-likeness (QED) is 0.726. The van der Waals surface area contributed by atoms with Crippen molar-refractivity contribution in [3.8, 4) is 5.75 Å². The second-order valence-corrected chi connectivity index (χ2v) is 8.05. The van der Waals surface area contributed by atoms with Gasteiger partial charge in [-0.1, -0.05) is 25.0 Å². The molecular weight excluding hydrogens is 372 g/mol. The van der Waals surface area contributed by atoms with Gasteiger partial charge in [0.1, 0.15) is 12.3 Å². The first-order valence-corrected chi connectivity index (χ1v) is 10.6. The average molecular weight is 400 g/mol. The zero-order chi connectivity index (χ0) is 20.2. The summed E-state index contributed by atoms with van der Waals surface area (Å²) in [6.45, 7) is 0.533. The molecule has 7 nitrogen and oxygen atoms in total. The Labute approximate surface area is 170 Å². The molecule has 2 fully saturated rings. The fourth-order valence-electron chi connectivity index (χ4n) is 4.83. The highest BCUT2D eigenvalue weighted by Crippen LogP contribution is 2.35.